The molecule has 2 aromatic rings. The predicted molar refractivity (Wildman–Crippen MR) is 120 cm³/mol. The number of hydrogen-bond donors (Lipinski definition) is 2. The summed E-state index contributed by atoms with van der Waals surface area (Å²) in [6.07, 6.45) is 2.98. The fourth-order valence-corrected chi connectivity index (χ4v) is 3.27. The second kappa shape index (κ2) is 10.0. The van der Waals surface area contributed by atoms with E-state index < -0.39 is 6.03 Å². The molecule has 0 fully saturated rings. The number of rotatable bonds is 8. The van der Waals surface area contributed by atoms with Gasteiger partial charge in [-0.3, -0.25) is 0 Å². The van der Waals surface area contributed by atoms with Crippen LogP contribution in [-0.2, 0) is 12.8 Å². The number of nitrogens with one attached hydrogen (secondary N) is 2. The average Bonchev–Trinajstić information content (AvgIpc) is 3.47. The van der Waals surface area contributed by atoms with E-state index in [0.29, 0.717) is 12.8 Å². The van der Waals surface area contributed by atoms with E-state index in [1.54, 1.807) is 0 Å². The molecule has 0 saturated carbocycles. The molecule has 0 radical (unpaired) electrons. The van der Waals surface area contributed by atoms with E-state index in [9.17, 15) is 4.79 Å². The Morgan fingerprint density at radius 2 is 1.19 bits per heavy atom. The highest BCUT2D eigenvalue weighted by atomic mass is 16.7. The third-order valence-electron chi connectivity index (χ3n) is 5.12. The molecule has 0 saturated heterocycles. The van der Waals surface area contributed by atoms with Crippen LogP contribution < -0.4 is 29.8 Å². The number of carbonyl (C=O) groups is 1. The molecule has 0 aromatic heterocycles. The minimum atomic E-state index is -0.477. The molecule has 0 unspecified atom stereocenters. The number of hydrazone groups is 2. The van der Waals surface area contributed by atoms with Gasteiger partial charge in [0.1, 0.15) is 0 Å². The van der Waals surface area contributed by atoms with Crippen LogP contribution in [0.4, 0.5) is 4.79 Å². The van der Waals surface area contributed by atoms with Crippen molar-refractivity contribution in [3.63, 3.8) is 0 Å². The maximum absolute atomic E-state index is 12.0. The van der Waals surface area contributed by atoms with Crippen molar-refractivity contribution >= 4 is 17.5 Å². The fraction of sp³-hybridized carbons (Fsp3) is 0.348. The van der Waals surface area contributed by atoms with Crippen LogP contribution in [-0.4, -0.2) is 31.0 Å². The van der Waals surface area contributed by atoms with Gasteiger partial charge in [0.25, 0.3) is 0 Å². The van der Waals surface area contributed by atoms with Gasteiger partial charge in [0.2, 0.25) is 13.6 Å². The van der Waals surface area contributed by atoms with Crippen molar-refractivity contribution in [2.45, 2.75) is 39.5 Å². The summed E-state index contributed by atoms with van der Waals surface area (Å²) in [4.78, 5) is 12.0. The largest absolute Gasteiger partial charge is 0.454 e. The van der Waals surface area contributed by atoms with Crippen molar-refractivity contribution in [1.82, 2.24) is 10.9 Å². The molecule has 0 aliphatic carbocycles. The Morgan fingerprint density at radius 1 is 0.750 bits per heavy atom. The van der Waals surface area contributed by atoms with Gasteiger partial charge in [-0.15, -0.1) is 0 Å². The maximum Gasteiger partial charge on any atom is 0.355 e. The molecule has 2 aliphatic heterocycles. The Morgan fingerprint density at radius 3 is 1.66 bits per heavy atom. The Kier molecular flexibility index (Phi) is 6.74. The third-order valence-corrected chi connectivity index (χ3v) is 5.12. The molecule has 4 rings (SSSR count). The van der Waals surface area contributed by atoms with Crippen LogP contribution in [0.25, 0.3) is 0 Å². The lowest BCUT2D eigenvalue weighted by Crippen LogP contribution is -2.29. The van der Waals surface area contributed by atoms with Gasteiger partial charge in [0, 0.05) is 11.4 Å². The van der Waals surface area contributed by atoms with E-state index in [0.717, 1.165) is 58.4 Å². The zero-order valence-electron chi connectivity index (χ0n) is 18.1. The van der Waals surface area contributed by atoms with Crippen molar-refractivity contribution in [2.75, 3.05) is 13.6 Å². The number of nitrogens with zero attached hydrogens (tertiary/aromatic N) is 2. The van der Waals surface area contributed by atoms with Gasteiger partial charge in [-0.1, -0.05) is 12.1 Å². The van der Waals surface area contributed by atoms with E-state index in [-0.39, 0.29) is 13.6 Å². The molecule has 2 heterocycles. The van der Waals surface area contributed by atoms with Gasteiger partial charge in [0.15, 0.2) is 23.0 Å². The molecule has 9 nitrogen and oxygen atoms in total. The summed E-state index contributed by atoms with van der Waals surface area (Å²) in [5, 5.41) is 8.24. The first-order valence-electron chi connectivity index (χ1n) is 10.5. The van der Waals surface area contributed by atoms with Gasteiger partial charge in [-0.2, -0.15) is 10.2 Å². The number of hydrogen-bond acceptors (Lipinski definition) is 7. The Hall–Kier alpha value is -3.75. The lowest BCUT2D eigenvalue weighted by Gasteiger charge is -2.05. The summed E-state index contributed by atoms with van der Waals surface area (Å²) in [7, 11) is 0. The van der Waals surface area contributed by atoms with Crippen LogP contribution in [0.5, 0.6) is 23.0 Å². The highest BCUT2D eigenvalue weighted by Gasteiger charge is 2.14. The molecule has 2 aromatic carbocycles. The molecule has 32 heavy (non-hydrogen) atoms. The molecule has 2 amide bonds. The Bertz CT molecular complexity index is 969. The second-order valence-corrected chi connectivity index (χ2v) is 7.62. The van der Waals surface area contributed by atoms with Crippen LogP contribution in [0.15, 0.2) is 46.6 Å². The van der Waals surface area contributed by atoms with Crippen LogP contribution >= 0.6 is 0 Å². The smallest absolute Gasteiger partial charge is 0.355 e. The van der Waals surface area contributed by atoms with E-state index in [2.05, 4.69) is 21.1 Å². The first-order chi connectivity index (χ1) is 15.6. The second-order valence-electron chi connectivity index (χ2n) is 7.62. The van der Waals surface area contributed by atoms with Gasteiger partial charge in [-0.25, -0.2) is 15.6 Å². The quantitative estimate of drug-likeness (QED) is 0.483. The number of aryl methyl sites for hydroxylation is 2. The SMILES string of the molecule is C/C(CCc1ccc2c(c1)OCO2)=N\NC(=O)N/N=C(\C)CCc1ccc2c(c1)OCO2. The number of carbonyl (C=O) groups excluding carboxylic acids is 1. The summed E-state index contributed by atoms with van der Waals surface area (Å²) in [6.45, 7) is 4.26. The fourth-order valence-electron chi connectivity index (χ4n) is 3.27. The van der Waals surface area contributed by atoms with Gasteiger partial charge in [0.05, 0.1) is 0 Å². The molecule has 168 valence electrons. The molecule has 0 atom stereocenters. The summed E-state index contributed by atoms with van der Waals surface area (Å²) in [6, 6.07) is 11.3. The standard InChI is InChI=1S/C23H26N4O5/c1-15(3-5-17-7-9-19-21(11-17)31-13-29-19)24-26-23(28)27-25-16(2)4-6-18-8-10-20-22(12-18)32-14-30-20/h7-12H,3-6,13-14H2,1-2H3,(H2,26,27,28)/b24-15+,25-16+. The van der Waals surface area contributed by atoms with Crippen LogP contribution in [0.3, 0.4) is 0 Å². The van der Waals surface area contributed by atoms with Gasteiger partial charge >= 0.3 is 6.03 Å². The maximum atomic E-state index is 12.0. The van der Waals surface area contributed by atoms with E-state index in [1.165, 1.54) is 0 Å². The lowest BCUT2D eigenvalue weighted by atomic mass is 10.1. The number of ether oxygens (including phenoxy) is 4. The van der Waals surface area contributed by atoms with Crippen molar-refractivity contribution < 1.29 is 23.7 Å². The first-order valence-corrected chi connectivity index (χ1v) is 10.5. The molecule has 0 spiro atoms. The normalized spacial score (nSPS) is 14.4. The monoisotopic (exact) mass is 438 g/mol. The molecule has 9 heteroatoms. The van der Waals surface area contributed by atoms with E-state index >= 15 is 0 Å². The predicted octanol–water partition coefficient (Wildman–Crippen LogP) is 3.76. The summed E-state index contributed by atoms with van der Waals surface area (Å²) >= 11 is 0. The van der Waals surface area contributed by atoms with Crippen molar-refractivity contribution in [1.29, 1.82) is 0 Å². The molecular weight excluding hydrogens is 412 g/mol. The molecule has 2 N–H and O–H groups in total. The highest BCUT2D eigenvalue weighted by Crippen LogP contribution is 2.33. The zero-order valence-corrected chi connectivity index (χ0v) is 18.1. The van der Waals surface area contributed by atoms with Crippen LogP contribution in [0.2, 0.25) is 0 Å². The minimum Gasteiger partial charge on any atom is -0.454 e. The minimum absolute atomic E-state index is 0.263. The third kappa shape index (κ3) is 5.69. The number of fused-ring (bicyclic) bond motifs is 2. The Balaban J connectivity index is 1.17. The zero-order chi connectivity index (χ0) is 22.3. The van der Waals surface area contributed by atoms with Crippen molar-refractivity contribution in [3.05, 3.63) is 47.5 Å². The number of urea groups is 1. The lowest BCUT2D eigenvalue weighted by molar-refractivity contribution is 0.173. The number of benzene rings is 2. The first kappa shape index (κ1) is 21.5. The van der Waals surface area contributed by atoms with E-state index in [1.807, 2.05) is 50.2 Å². The summed E-state index contributed by atoms with van der Waals surface area (Å²) < 4.78 is 21.4. The topological polar surface area (TPSA) is 103 Å². The van der Waals surface area contributed by atoms with Crippen molar-refractivity contribution in [2.24, 2.45) is 10.2 Å². The number of amides is 2. The molecular formula is C23H26N4O5. The molecule has 2 aliphatic rings. The molecule has 0 bridgehead atoms. The van der Waals surface area contributed by atoms with E-state index in [4.69, 9.17) is 18.9 Å². The average molecular weight is 438 g/mol. The Labute approximate surface area is 186 Å². The van der Waals surface area contributed by atoms with Crippen LogP contribution in [0, 0.1) is 0 Å². The van der Waals surface area contributed by atoms with Gasteiger partial charge in [-0.05, 0) is 74.9 Å². The highest BCUT2D eigenvalue weighted by molar-refractivity contribution is 5.86. The summed E-state index contributed by atoms with van der Waals surface area (Å²) in [5.41, 5.74) is 8.80. The van der Waals surface area contributed by atoms with Gasteiger partial charge < -0.3 is 18.9 Å². The van der Waals surface area contributed by atoms with Crippen molar-refractivity contribution in [3.8, 4) is 23.0 Å². The van der Waals surface area contributed by atoms with Crippen LogP contribution in [0.1, 0.15) is 37.8 Å². The summed E-state index contributed by atoms with van der Waals surface area (Å²) in [5.74, 6) is 3.07.